The minimum atomic E-state index is -0.328. The fraction of sp³-hybridized carbons (Fsp3) is 0.911. The predicted molar refractivity (Wildman–Crippen MR) is 209 cm³/mol. The van der Waals surface area contributed by atoms with Crippen molar-refractivity contribution in [1.29, 1.82) is 0 Å². The van der Waals surface area contributed by atoms with E-state index in [1.54, 1.807) is 5.57 Å². The lowest BCUT2D eigenvalue weighted by Gasteiger charge is -2.58. The number of fused-ring (bicyclic) bond motifs is 5. The molecule has 0 spiro atoms. The van der Waals surface area contributed by atoms with Gasteiger partial charge in [0.15, 0.2) is 0 Å². The van der Waals surface area contributed by atoms with Crippen LogP contribution in [0.5, 0.6) is 0 Å². The number of carbonyl (C=O) groups is 2. The SMILES string of the molecule is CC[C@H](CC[C@@H](C)[C@H]1CC[C@H]2[C@@H]3CC=C4C[C@@H](OC(=O)CCC(=O)N(CCCC(C)(C)C)CCC(C)(C)N)CC[C@]4(C)[C@H]3CC[C@]12C)C(C)C. The molecule has 0 heterocycles. The Morgan fingerprint density at radius 3 is 2.30 bits per heavy atom. The van der Waals surface area contributed by atoms with Gasteiger partial charge in [0.1, 0.15) is 6.10 Å². The number of carbonyl (C=O) groups excluding carboxylic acids is 2. The molecular formula is C45H80N2O3. The van der Waals surface area contributed by atoms with E-state index in [0.717, 1.165) is 86.5 Å². The molecule has 5 nitrogen and oxygen atoms in total. The number of nitrogens with zero attached hydrogens (tertiary/aromatic N) is 1. The van der Waals surface area contributed by atoms with E-state index >= 15 is 0 Å². The molecule has 1 amide bonds. The highest BCUT2D eigenvalue weighted by Crippen LogP contribution is 2.67. The molecule has 288 valence electrons. The third-order valence-electron chi connectivity index (χ3n) is 14.9. The molecule has 9 atom stereocenters. The van der Waals surface area contributed by atoms with Crippen molar-refractivity contribution in [3.05, 3.63) is 11.6 Å². The van der Waals surface area contributed by atoms with E-state index in [-0.39, 0.29) is 47.2 Å². The fourth-order valence-corrected chi connectivity index (χ4v) is 11.6. The molecule has 0 aromatic heterocycles. The van der Waals surface area contributed by atoms with E-state index in [4.69, 9.17) is 10.5 Å². The maximum atomic E-state index is 13.3. The Morgan fingerprint density at radius 2 is 1.66 bits per heavy atom. The number of amides is 1. The summed E-state index contributed by atoms with van der Waals surface area (Å²) >= 11 is 0. The molecular weight excluding hydrogens is 617 g/mol. The second kappa shape index (κ2) is 16.8. The minimum Gasteiger partial charge on any atom is -0.462 e. The van der Waals surface area contributed by atoms with Crippen LogP contribution in [-0.4, -0.2) is 41.5 Å². The standard InChI is InChI=1S/C45H80N2O3/c1-12-33(31(2)3)15-14-32(4)37-18-19-38-36-17-16-34-30-35(22-25-44(34,10)39(36)23-26-45(37,38)11)50-41(49)21-20-40(48)47(29-27-43(8,9)46)28-13-24-42(5,6)7/h16,31-33,35-39H,12-15,17-30,46H2,1-11H3/t32-,33-,35+,36+,37-,38+,39+,44+,45-/m1/s1. The summed E-state index contributed by atoms with van der Waals surface area (Å²) in [6.07, 6.45) is 19.5. The van der Waals surface area contributed by atoms with Gasteiger partial charge in [-0.3, -0.25) is 9.59 Å². The normalized spacial score (nSPS) is 32.4. The first kappa shape index (κ1) is 41.4. The minimum absolute atomic E-state index is 0.0471. The van der Waals surface area contributed by atoms with Gasteiger partial charge in [0.25, 0.3) is 0 Å². The van der Waals surface area contributed by atoms with Crippen molar-refractivity contribution < 1.29 is 14.3 Å². The van der Waals surface area contributed by atoms with Gasteiger partial charge >= 0.3 is 5.97 Å². The summed E-state index contributed by atoms with van der Waals surface area (Å²) in [5.74, 6) is 5.62. The zero-order chi connectivity index (χ0) is 37.1. The molecule has 3 fully saturated rings. The topological polar surface area (TPSA) is 72.6 Å². The van der Waals surface area contributed by atoms with Gasteiger partial charge in [-0.2, -0.15) is 0 Å². The highest BCUT2D eigenvalue weighted by atomic mass is 16.5. The van der Waals surface area contributed by atoms with E-state index < -0.39 is 0 Å². The van der Waals surface area contributed by atoms with Crippen LogP contribution in [0, 0.1) is 57.7 Å². The van der Waals surface area contributed by atoms with Crippen LogP contribution in [0.25, 0.3) is 0 Å². The number of esters is 1. The molecule has 2 N–H and O–H groups in total. The van der Waals surface area contributed by atoms with Crippen LogP contribution in [0.4, 0.5) is 0 Å². The van der Waals surface area contributed by atoms with Gasteiger partial charge in [-0.05, 0) is 142 Å². The van der Waals surface area contributed by atoms with Crippen LogP contribution >= 0.6 is 0 Å². The number of rotatable bonds is 16. The molecule has 4 rings (SSSR count). The molecule has 5 heteroatoms. The number of hydrogen-bond donors (Lipinski definition) is 1. The number of nitrogens with two attached hydrogens (primary N) is 1. The second-order valence-electron chi connectivity index (χ2n) is 20.6. The quantitative estimate of drug-likeness (QED) is 0.129. The molecule has 0 aromatic rings. The van der Waals surface area contributed by atoms with E-state index in [2.05, 4.69) is 68.4 Å². The third-order valence-corrected chi connectivity index (χ3v) is 14.9. The van der Waals surface area contributed by atoms with Crippen molar-refractivity contribution >= 4 is 11.9 Å². The molecule has 4 aliphatic rings. The van der Waals surface area contributed by atoms with Gasteiger partial charge < -0.3 is 15.4 Å². The summed E-state index contributed by atoms with van der Waals surface area (Å²) in [4.78, 5) is 28.3. The summed E-state index contributed by atoms with van der Waals surface area (Å²) in [5, 5.41) is 0. The highest BCUT2D eigenvalue weighted by molar-refractivity contribution is 5.81. The summed E-state index contributed by atoms with van der Waals surface area (Å²) in [5.41, 5.74) is 8.45. The molecule has 0 radical (unpaired) electrons. The van der Waals surface area contributed by atoms with Gasteiger partial charge in [0.2, 0.25) is 5.91 Å². The third kappa shape index (κ3) is 10.2. The van der Waals surface area contributed by atoms with Crippen molar-refractivity contribution in [2.75, 3.05) is 13.1 Å². The first-order valence-corrected chi connectivity index (χ1v) is 21.2. The van der Waals surface area contributed by atoms with Gasteiger partial charge in [-0.15, -0.1) is 0 Å². The lowest BCUT2D eigenvalue weighted by Crippen LogP contribution is -2.51. The number of hydrogen-bond acceptors (Lipinski definition) is 4. The molecule has 0 bridgehead atoms. The average molecular weight is 697 g/mol. The predicted octanol–water partition coefficient (Wildman–Crippen LogP) is 11.1. The van der Waals surface area contributed by atoms with Crippen LogP contribution in [0.15, 0.2) is 11.6 Å². The Kier molecular flexibility index (Phi) is 13.9. The van der Waals surface area contributed by atoms with Crippen LogP contribution in [0.3, 0.4) is 0 Å². The van der Waals surface area contributed by atoms with Crippen molar-refractivity contribution in [2.24, 2.45) is 63.4 Å². The summed E-state index contributed by atoms with van der Waals surface area (Å²) in [7, 11) is 0. The van der Waals surface area contributed by atoms with Gasteiger partial charge in [-0.1, -0.05) is 86.8 Å². The van der Waals surface area contributed by atoms with Gasteiger partial charge in [-0.25, -0.2) is 0 Å². The maximum Gasteiger partial charge on any atom is 0.306 e. The van der Waals surface area contributed by atoms with Crippen LogP contribution < -0.4 is 5.73 Å². The Morgan fingerprint density at radius 1 is 0.940 bits per heavy atom. The molecule has 4 aliphatic carbocycles. The Balaban J connectivity index is 1.30. The maximum absolute atomic E-state index is 13.3. The fourth-order valence-electron chi connectivity index (χ4n) is 11.6. The summed E-state index contributed by atoms with van der Waals surface area (Å²) < 4.78 is 6.11. The van der Waals surface area contributed by atoms with Crippen molar-refractivity contribution in [3.63, 3.8) is 0 Å². The van der Waals surface area contributed by atoms with Crippen LogP contribution in [0.1, 0.15) is 179 Å². The lowest BCUT2D eigenvalue weighted by atomic mass is 9.47. The van der Waals surface area contributed by atoms with Gasteiger partial charge in [0, 0.05) is 31.5 Å². The highest BCUT2D eigenvalue weighted by Gasteiger charge is 2.59. The van der Waals surface area contributed by atoms with Crippen molar-refractivity contribution in [1.82, 2.24) is 4.90 Å². The summed E-state index contributed by atoms with van der Waals surface area (Å²) in [6, 6.07) is 0. The van der Waals surface area contributed by atoms with E-state index in [0.29, 0.717) is 12.0 Å². The monoisotopic (exact) mass is 697 g/mol. The zero-order valence-corrected chi connectivity index (χ0v) is 34.7. The van der Waals surface area contributed by atoms with Crippen molar-refractivity contribution in [3.8, 4) is 0 Å². The number of ether oxygens (including phenoxy) is 1. The Hall–Kier alpha value is -1.36. The van der Waals surface area contributed by atoms with E-state index in [1.165, 1.54) is 51.4 Å². The average Bonchev–Trinajstić information content (AvgIpc) is 3.38. The van der Waals surface area contributed by atoms with Gasteiger partial charge in [0.05, 0.1) is 6.42 Å². The van der Waals surface area contributed by atoms with Crippen molar-refractivity contribution in [2.45, 2.75) is 191 Å². The number of allylic oxidation sites excluding steroid dienone is 1. The van der Waals surface area contributed by atoms with E-state index in [9.17, 15) is 9.59 Å². The zero-order valence-electron chi connectivity index (χ0n) is 34.7. The second-order valence-corrected chi connectivity index (χ2v) is 20.6. The summed E-state index contributed by atoms with van der Waals surface area (Å²) in [6.45, 7) is 27.1. The van der Waals surface area contributed by atoms with E-state index in [1.807, 2.05) is 18.7 Å². The smallest absolute Gasteiger partial charge is 0.306 e. The lowest BCUT2D eigenvalue weighted by molar-refractivity contribution is -0.153. The Bertz CT molecular complexity index is 1160. The Labute approximate surface area is 309 Å². The molecule has 0 aromatic carbocycles. The first-order valence-electron chi connectivity index (χ1n) is 21.2. The van der Waals surface area contributed by atoms with Crippen LogP contribution in [0.2, 0.25) is 0 Å². The first-order chi connectivity index (χ1) is 23.3. The molecule has 50 heavy (non-hydrogen) atoms. The molecule has 0 unspecified atom stereocenters. The molecule has 0 aliphatic heterocycles. The van der Waals surface area contributed by atoms with Crippen LogP contribution in [-0.2, 0) is 14.3 Å². The molecule has 3 saturated carbocycles. The largest absolute Gasteiger partial charge is 0.462 e. The molecule has 0 saturated heterocycles.